The predicted octanol–water partition coefficient (Wildman–Crippen LogP) is 3.17. The maximum atomic E-state index is 12.2. The minimum Gasteiger partial charge on any atom is -0.352 e. The van der Waals surface area contributed by atoms with Crippen LogP contribution in [0.15, 0.2) is 61.2 Å². The van der Waals surface area contributed by atoms with Crippen LogP contribution in [-0.4, -0.2) is 26.5 Å². The molecule has 3 aromatic rings. The van der Waals surface area contributed by atoms with E-state index >= 15 is 0 Å². The van der Waals surface area contributed by atoms with Crippen molar-refractivity contribution >= 4 is 11.7 Å². The highest BCUT2D eigenvalue weighted by molar-refractivity contribution is 5.97. The maximum Gasteiger partial charge on any atom is 0.220 e. The van der Waals surface area contributed by atoms with Gasteiger partial charge < -0.3 is 5.32 Å². The van der Waals surface area contributed by atoms with E-state index in [4.69, 9.17) is 0 Å². The fraction of sp³-hybridized carbons (Fsp3) is 0.273. The van der Waals surface area contributed by atoms with Crippen LogP contribution in [0.2, 0.25) is 0 Å². The molecule has 0 fully saturated rings. The number of aryl methyl sites for hydroxylation is 1. The molecule has 1 N–H and O–H groups in total. The van der Waals surface area contributed by atoms with E-state index < -0.39 is 0 Å². The summed E-state index contributed by atoms with van der Waals surface area (Å²) < 4.78 is 1.75. The molecule has 0 aliphatic rings. The number of amides is 1. The summed E-state index contributed by atoms with van der Waals surface area (Å²) in [6.07, 6.45) is 4.54. The van der Waals surface area contributed by atoms with Crippen LogP contribution < -0.4 is 5.32 Å². The molecule has 2 aromatic carbocycles. The number of ketones is 1. The third-order valence-electron chi connectivity index (χ3n) is 4.59. The largest absolute Gasteiger partial charge is 0.352 e. The van der Waals surface area contributed by atoms with Crippen LogP contribution in [0.5, 0.6) is 0 Å². The summed E-state index contributed by atoms with van der Waals surface area (Å²) >= 11 is 0. The van der Waals surface area contributed by atoms with Crippen LogP contribution in [0.1, 0.15) is 46.8 Å². The van der Waals surface area contributed by atoms with Crippen LogP contribution in [0, 0.1) is 0 Å². The Kier molecular flexibility index (Phi) is 6.68. The summed E-state index contributed by atoms with van der Waals surface area (Å²) in [6.45, 7) is 3.18. The zero-order valence-corrected chi connectivity index (χ0v) is 16.0. The first kappa shape index (κ1) is 19.5. The number of nitrogens with one attached hydrogen (secondary N) is 1. The molecule has 0 saturated carbocycles. The molecule has 0 saturated heterocycles. The SMILES string of the molecule is CCc1ccc(C(=O)CCC(=O)NCc2ccc(Cn3cncn3)cc2)cc1. The molecule has 6 nitrogen and oxygen atoms in total. The van der Waals surface area contributed by atoms with Gasteiger partial charge in [0, 0.05) is 24.9 Å². The molecule has 0 aliphatic carbocycles. The number of rotatable bonds is 9. The first-order valence-corrected chi connectivity index (χ1v) is 9.43. The van der Waals surface area contributed by atoms with Crippen molar-refractivity contribution in [2.24, 2.45) is 0 Å². The fourth-order valence-corrected chi connectivity index (χ4v) is 2.85. The van der Waals surface area contributed by atoms with E-state index in [-0.39, 0.29) is 24.5 Å². The second kappa shape index (κ2) is 9.60. The summed E-state index contributed by atoms with van der Waals surface area (Å²) in [4.78, 5) is 28.2. The molecular formula is C22H24N4O2. The van der Waals surface area contributed by atoms with Gasteiger partial charge in [-0.15, -0.1) is 0 Å². The molecule has 0 unspecified atom stereocenters. The molecule has 28 heavy (non-hydrogen) atoms. The summed E-state index contributed by atoms with van der Waals surface area (Å²) in [5, 5.41) is 6.95. The third kappa shape index (κ3) is 5.61. The second-order valence-electron chi connectivity index (χ2n) is 6.66. The van der Waals surface area contributed by atoms with E-state index in [2.05, 4.69) is 22.3 Å². The van der Waals surface area contributed by atoms with Crippen molar-refractivity contribution in [3.63, 3.8) is 0 Å². The van der Waals surface area contributed by atoms with Crippen LogP contribution in [-0.2, 0) is 24.3 Å². The van der Waals surface area contributed by atoms with Gasteiger partial charge in [0.2, 0.25) is 5.91 Å². The molecule has 144 valence electrons. The summed E-state index contributed by atoms with van der Waals surface area (Å²) in [7, 11) is 0. The molecule has 0 aliphatic heterocycles. The van der Waals surface area contributed by atoms with Crippen LogP contribution >= 0.6 is 0 Å². The molecule has 0 spiro atoms. The highest BCUT2D eigenvalue weighted by atomic mass is 16.2. The molecule has 6 heteroatoms. The van der Waals surface area contributed by atoms with Gasteiger partial charge in [0.25, 0.3) is 0 Å². The van der Waals surface area contributed by atoms with Gasteiger partial charge in [0.15, 0.2) is 5.78 Å². The normalized spacial score (nSPS) is 10.6. The van der Waals surface area contributed by atoms with Crippen molar-refractivity contribution in [1.29, 1.82) is 0 Å². The molecule has 1 amide bonds. The van der Waals surface area contributed by atoms with Gasteiger partial charge in [-0.2, -0.15) is 5.10 Å². The average Bonchev–Trinajstić information content (AvgIpc) is 3.24. The number of hydrogen-bond donors (Lipinski definition) is 1. The molecule has 0 atom stereocenters. The fourth-order valence-electron chi connectivity index (χ4n) is 2.85. The standard InChI is InChI=1S/C22H24N4O2/c1-2-17-7-9-20(10-8-17)21(27)11-12-22(28)24-13-18-3-5-19(6-4-18)14-26-16-23-15-25-26/h3-10,15-16H,2,11-14H2,1H3,(H,24,28). The maximum absolute atomic E-state index is 12.2. The Hall–Kier alpha value is -3.28. The molecule has 3 rings (SSSR count). The number of carbonyl (C=O) groups excluding carboxylic acids is 2. The summed E-state index contributed by atoms with van der Waals surface area (Å²) in [5.41, 5.74) is 3.98. The highest BCUT2D eigenvalue weighted by Crippen LogP contribution is 2.09. The topological polar surface area (TPSA) is 76.9 Å². The van der Waals surface area contributed by atoms with Gasteiger partial charge in [0.05, 0.1) is 6.54 Å². The molecule has 0 bridgehead atoms. The van der Waals surface area contributed by atoms with Crippen molar-refractivity contribution in [3.05, 3.63) is 83.4 Å². The Bertz CT molecular complexity index is 901. The Labute approximate surface area is 164 Å². The Morgan fingerprint density at radius 2 is 1.61 bits per heavy atom. The predicted molar refractivity (Wildman–Crippen MR) is 107 cm³/mol. The molecule has 1 heterocycles. The van der Waals surface area contributed by atoms with E-state index in [9.17, 15) is 9.59 Å². The van der Waals surface area contributed by atoms with Gasteiger partial charge in [0.1, 0.15) is 12.7 Å². The highest BCUT2D eigenvalue weighted by Gasteiger charge is 2.09. The van der Waals surface area contributed by atoms with Crippen LogP contribution in [0.4, 0.5) is 0 Å². The lowest BCUT2D eigenvalue weighted by molar-refractivity contribution is -0.121. The van der Waals surface area contributed by atoms with Crippen molar-refractivity contribution in [2.45, 2.75) is 39.3 Å². The van der Waals surface area contributed by atoms with E-state index in [1.165, 1.54) is 11.9 Å². The number of aromatic nitrogens is 3. The minimum atomic E-state index is -0.120. The number of Topliss-reactive ketones (excluding diaryl/α,β-unsaturated/α-hetero) is 1. The van der Waals surface area contributed by atoms with Gasteiger partial charge in [-0.25, -0.2) is 9.67 Å². The van der Waals surface area contributed by atoms with Gasteiger partial charge in [-0.1, -0.05) is 55.5 Å². The van der Waals surface area contributed by atoms with Gasteiger partial charge in [-0.3, -0.25) is 9.59 Å². The summed E-state index contributed by atoms with van der Waals surface area (Å²) in [6, 6.07) is 15.6. The molecule has 1 aromatic heterocycles. The third-order valence-corrected chi connectivity index (χ3v) is 4.59. The molecule has 0 radical (unpaired) electrons. The number of benzene rings is 2. The number of nitrogens with zero attached hydrogens (tertiary/aromatic N) is 3. The zero-order chi connectivity index (χ0) is 19.8. The van der Waals surface area contributed by atoms with Crippen molar-refractivity contribution in [2.75, 3.05) is 0 Å². The minimum absolute atomic E-state index is 0.00438. The van der Waals surface area contributed by atoms with E-state index in [0.717, 1.165) is 17.5 Å². The zero-order valence-electron chi connectivity index (χ0n) is 16.0. The lowest BCUT2D eigenvalue weighted by Gasteiger charge is -2.07. The smallest absolute Gasteiger partial charge is 0.220 e. The van der Waals surface area contributed by atoms with E-state index in [0.29, 0.717) is 18.7 Å². The molecular weight excluding hydrogens is 352 g/mol. The number of hydrogen-bond acceptors (Lipinski definition) is 4. The van der Waals surface area contributed by atoms with Gasteiger partial charge in [-0.05, 0) is 23.1 Å². The lowest BCUT2D eigenvalue weighted by atomic mass is 10.0. The van der Waals surface area contributed by atoms with Crippen molar-refractivity contribution < 1.29 is 9.59 Å². The van der Waals surface area contributed by atoms with Crippen molar-refractivity contribution in [3.8, 4) is 0 Å². The van der Waals surface area contributed by atoms with E-state index in [1.807, 2.05) is 48.5 Å². The first-order valence-electron chi connectivity index (χ1n) is 9.43. The van der Waals surface area contributed by atoms with Crippen LogP contribution in [0.25, 0.3) is 0 Å². The Balaban J connectivity index is 1.41. The first-order chi connectivity index (χ1) is 13.6. The monoisotopic (exact) mass is 376 g/mol. The van der Waals surface area contributed by atoms with E-state index in [1.54, 1.807) is 11.0 Å². The van der Waals surface area contributed by atoms with Crippen molar-refractivity contribution in [1.82, 2.24) is 20.1 Å². The number of carbonyl (C=O) groups is 2. The second-order valence-corrected chi connectivity index (χ2v) is 6.66. The van der Waals surface area contributed by atoms with Crippen LogP contribution in [0.3, 0.4) is 0 Å². The summed E-state index contributed by atoms with van der Waals surface area (Å²) in [5.74, 6) is -0.125. The average molecular weight is 376 g/mol. The lowest BCUT2D eigenvalue weighted by Crippen LogP contribution is -2.23. The quantitative estimate of drug-likeness (QED) is 0.582. The Morgan fingerprint density at radius 1 is 0.929 bits per heavy atom. The van der Waals surface area contributed by atoms with Gasteiger partial charge >= 0.3 is 0 Å². The Morgan fingerprint density at radius 3 is 2.25 bits per heavy atom.